The van der Waals surface area contributed by atoms with Gasteiger partial charge in [-0.15, -0.1) is 0 Å². The van der Waals surface area contributed by atoms with Crippen molar-refractivity contribution in [1.82, 2.24) is 9.80 Å². The molecule has 1 unspecified atom stereocenters. The second-order valence-corrected chi connectivity index (χ2v) is 4.06. The Morgan fingerprint density at radius 3 is 2.67 bits per heavy atom. The molecule has 0 aromatic heterocycles. The Labute approximate surface area is 81.8 Å². The largest absolute Gasteiger partial charge is 0.326 e. The molecular weight excluding hydrogens is 220 g/mol. The molecule has 12 heavy (non-hydrogen) atoms. The van der Waals surface area contributed by atoms with Gasteiger partial charge in [-0.25, -0.2) is 4.79 Å². The lowest BCUT2D eigenvalue weighted by molar-refractivity contribution is 0.194. The number of nitrogens with zero attached hydrogens (tertiary/aromatic N) is 2. The molecule has 1 heterocycles. The lowest BCUT2D eigenvalue weighted by Gasteiger charge is -2.18. The van der Waals surface area contributed by atoms with Gasteiger partial charge in [-0.05, 0) is 5.92 Å². The molecule has 0 bridgehead atoms. The fraction of sp³-hybridized carbons (Fsp3) is 0.875. The van der Waals surface area contributed by atoms with Crippen LogP contribution < -0.4 is 0 Å². The van der Waals surface area contributed by atoms with Crippen molar-refractivity contribution in [2.24, 2.45) is 5.92 Å². The van der Waals surface area contributed by atoms with Crippen LogP contribution in [0.3, 0.4) is 0 Å². The maximum absolute atomic E-state index is 11.4. The van der Waals surface area contributed by atoms with E-state index in [-0.39, 0.29) is 6.03 Å². The molecule has 1 aliphatic heterocycles. The van der Waals surface area contributed by atoms with Gasteiger partial charge in [0.1, 0.15) is 0 Å². The molecule has 1 aliphatic rings. The molecule has 3 nitrogen and oxygen atoms in total. The Bertz CT molecular complexity index is 174. The normalized spacial score (nSPS) is 20.4. The maximum Gasteiger partial charge on any atom is 0.319 e. The first-order valence-electron chi connectivity index (χ1n) is 4.21. The van der Waals surface area contributed by atoms with Gasteiger partial charge in [0, 0.05) is 32.0 Å². The second-order valence-electron chi connectivity index (χ2n) is 3.41. The number of amides is 2. The van der Waals surface area contributed by atoms with Gasteiger partial charge < -0.3 is 9.80 Å². The van der Waals surface area contributed by atoms with Crippen LogP contribution in [0.1, 0.15) is 6.92 Å². The molecule has 1 atom stereocenters. The predicted molar refractivity (Wildman–Crippen MR) is 52.6 cm³/mol. The van der Waals surface area contributed by atoms with Crippen molar-refractivity contribution in [3.63, 3.8) is 0 Å². The van der Waals surface area contributed by atoms with Crippen molar-refractivity contribution in [2.75, 3.05) is 32.0 Å². The van der Waals surface area contributed by atoms with Gasteiger partial charge in [-0.3, -0.25) is 0 Å². The number of urea groups is 1. The van der Waals surface area contributed by atoms with E-state index >= 15 is 0 Å². The summed E-state index contributed by atoms with van der Waals surface area (Å²) in [7, 11) is 1.85. The Morgan fingerprint density at radius 2 is 2.25 bits per heavy atom. The highest BCUT2D eigenvalue weighted by atomic mass is 79.9. The molecule has 0 radical (unpaired) electrons. The number of likely N-dealkylation sites (N-methyl/N-ethyl adjacent to an activating group) is 1. The van der Waals surface area contributed by atoms with Crippen LogP contribution >= 0.6 is 15.9 Å². The minimum Gasteiger partial charge on any atom is -0.326 e. The summed E-state index contributed by atoms with van der Waals surface area (Å²) in [4.78, 5) is 15.1. The summed E-state index contributed by atoms with van der Waals surface area (Å²) in [6, 6.07) is 0.169. The van der Waals surface area contributed by atoms with E-state index in [1.807, 2.05) is 11.9 Å². The number of hydrogen-bond donors (Lipinski definition) is 0. The number of hydrogen-bond acceptors (Lipinski definition) is 1. The highest BCUT2D eigenvalue weighted by Crippen LogP contribution is 2.10. The number of rotatable bonds is 3. The average Bonchev–Trinajstić information content (AvgIpc) is 2.36. The molecule has 1 rings (SSSR count). The van der Waals surface area contributed by atoms with Crippen LogP contribution in [-0.2, 0) is 0 Å². The van der Waals surface area contributed by atoms with Crippen LogP contribution in [0.4, 0.5) is 4.79 Å². The van der Waals surface area contributed by atoms with E-state index in [1.54, 1.807) is 4.90 Å². The van der Waals surface area contributed by atoms with E-state index < -0.39 is 0 Å². The molecule has 1 fully saturated rings. The Kier molecular flexibility index (Phi) is 3.38. The van der Waals surface area contributed by atoms with Crippen LogP contribution in [0.5, 0.6) is 0 Å². The molecule has 70 valence electrons. The van der Waals surface area contributed by atoms with Gasteiger partial charge in [0.05, 0.1) is 0 Å². The van der Waals surface area contributed by atoms with Crippen molar-refractivity contribution in [2.45, 2.75) is 6.92 Å². The van der Waals surface area contributed by atoms with Crippen LogP contribution in [-0.4, -0.2) is 47.8 Å². The molecule has 1 saturated heterocycles. The van der Waals surface area contributed by atoms with Crippen molar-refractivity contribution in [1.29, 1.82) is 0 Å². The number of halogens is 1. The number of alkyl halides is 1. The molecule has 0 saturated carbocycles. The molecule has 4 heteroatoms. The first kappa shape index (κ1) is 9.84. The van der Waals surface area contributed by atoms with Gasteiger partial charge in [-0.2, -0.15) is 0 Å². The van der Waals surface area contributed by atoms with Crippen molar-refractivity contribution in [3.8, 4) is 0 Å². The fourth-order valence-corrected chi connectivity index (χ4v) is 1.50. The molecular formula is C8H15BrN2O. The third-order valence-corrected chi connectivity index (χ3v) is 3.20. The van der Waals surface area contributed by atoms with Crippen molar-refractivity contribution in [3.05, 3.63) is 0 Å². The zero-order valence-electron chi connectivity index (χ0n) is 7.59. The quantitative estimate of drug-likeness (QED) is 0.678. The van der Waals surface area contributed by atoms with Crippen LogP contribution in [0.2, 0.25) is 0 Å². The summed E-state index contributed by atoms with van der Waals surface area (Å²) in [5.74, 6) is 0.542. The Morgan fingerprint density at radius 1 is 1.58 bits per heavy atom. The Balaban J connectivity index is 2.39. The summed E-state index contributed by atoms with van der Waals surface area (Å²) < 4.78 is 0. The highest BCUT2D eigenvalue weighted by Gasteiger charge is 2.25. The first-order chi connectivity index (χ1) is 5.65. The molecule has 0 aromatic rings. The molecule has 2 amide bonds. The predicted octanol–water partition coefficient (Wildman–Crippen LogP) is 1.38. The van der Waals surface area contributed by atoms with E-state index in [1.165, 1.54) is 0 Å². The van der Waals surface area contributed by atoms with E-state index in [2.05, 4.69) is 22.9 Å². The lowest BCUT2D eigenvalue weighted by Crippen LogP contribution is -2.33. The third kappa shape index (κ3) is 2.12. The minimum atomic E-state index is 0.169. The van der Waals surface area contributed by atoms with Gasteiger partial charge >= 0.3 is 6.03 Å². The monoisotopic (exact) mass is 234 g/mol. The first-order valence-corrected chi connectivity index (χ1v) is 5.33. The van der Waals surface area contributed by atoms with Gasteiger partial charge in [-0.1, -0.05) is 22.9 Å². The van der Waals surface area contributed by atoms with Gasteiger partial charge in [0.2, 0.25) is 0 Å². The van der Waals surface area contributed by atoms with Crippen LogP contribution in [0.15, 0.2) is 0 Å². The summed E-state index contributed by atoms with van der Waals surface area (Å²) in [5.41, 5.74) is 0. The maximum atomic E-state index is 11.4. The second kappa shape index (κ2) is 4.12. The van der Waals surface area contributed by atoms with Gasteiger partial charge in [0.25, 0.3) is 0 Å². The zero-order chi connectivity index (χ0) is 9.14. The minimum absolute atomic E-state index is 0.169. The smallest absolute Gasteiger partial charge is 0.319 e. The van der Waals surface area contributed by atoms with E-state index in [0.29, 0.717) is 5.92 Å². The lowest BCUT2D eigenvalue weighted by atomic mass is 10.2. The van der Waals surface area contributed by atoms with Crippen LogP contribution in [0, 0.1) is 5.92 Å². The summed E-state index contributed by atoms with van der Waals surface area (Å²) >= 11 is 3.41. The zero-order valence-corrected chi connectivity index (χ0v) is 9.17. The summed E-state index contributed by atoms with van der Waals surface area (Å²) in [6.45, 7) is 4.76. The summed E-state index contributed by atoms with van der Waals surface area (Å²) in [5, 5.41) is 0.959. The topological polar surface area (TPSA) is 23.6 Å². The molecule has 0 spiro atoms. The van der Waals surface area contributed by atoms with E-state index in [9.17, 15) is 4.79 Å². The van der Waals surface area contributed by atoms with Crippen molar-refractivity contribution >= 4 is 22.0 Å². The van der Waals surface area contributed by atoms with E-state index in [4.69, 9.17) is 0 Å². The molecule has 0 aromatic carbocycles. The Hall–Kier alpha value is -0.250. The fourth-order valence-electron chi connectivity index (χ4n) is 1.30. The SMILES string of the molecule is CC(CBr)CN1CCN(C)C1=O. The van der Waals surface area contributed by atoms with Crippen LogP contribution in [0.25, 0.3) is 0 Å². The standard InChI is InChI=1S/C8H15BrN2O/c1-7(5-9)6-11-4-3-10(2)8(11)12/h7H,3-6H2,1-2H3. The van der Waals surface area contributed by atoms with E-state index in [0.717, 1.165) is 25.0 Å². The summed E-state index contributed by atoms with van der Waals surface area (Å²) in [6.07, 6.45) is 0. The van der Waals surface area contributed by atoms with Crippen molar-refractivity contribution < 1.29 is 4.79 Å². The number of carbonyl (C=O) groups excluding carboxylic acids is 1. The average molecular weight is 235 g/mol. The third-order valence-electron chi connectivity index (χ3n) is 2.10. The van der Waals surface area contributed by atoms with Gasteiger partial charge in [0.15, 0.2) is 0 Å². The molecule has 0 N–H and O–H groups in total. The number of carbonyl (C=O) groups is 1. The highest BCUT2D eigenvalue weighted by molar-refractivity contribution is 9.09. The molecule has 0 aliphatic carbocycles.